The van der Waals surface area contributed by atoms with Crippen molar-refractivity contribution in [3.05, 3.63) is 23.8 Å². The molecule has 5 heteroatoms. The van der Waals surface area contributed by atoms with Gasteiger partial charge in [-0.1, -0.05) is 33.8 Å². The van der Waals surface area contributed by atoms with E-state index in [1.54, 1.807) is 40.7 Å². The number of cyclic esters (lactones) is 1. The molecule has 1 heterocycles. The summed E-state index contributed by atoms with van der Waals surface area (Å²) in [6.07, 6.45) is 4.33. The normalized spacial score (nSPS) is 39.2. The molecule has 0 aromatic rings. The minimum absolute atomic E-state index is 0.0700. The van der Waals surface area contributed by atoms with Crippen LogP contribution in [0.25, 0.3) is 0 Å². The molecule has 140 valence electrons. The first-order valence-corrected chi connectivity index (χ1v) is 8.88. The predicted octanol–water partition coefficient (Wildman–Crippen LogP) is 3.01. The molecule has 5 nitrogen and oxygen atoms in total. The van der Waals surface area contributed by atoms with E-state index in [1.807, 2.05) is 0 Å². The summed E-state index contributed by atoms with van der Waals surface area (Å²) in [6.45, 7) is 10.2. The molecule has 0 spiro atoms. The van der Waals surface area contributed by atoms with Crippen LogP contribution in [-0.4, -0.2) is 34.3 Å². The van der Waals surface area contributed by atoms with Crippen molar-refractivity contribution < 1.29 is 24.2 Å². The number of hydrogen-bond acceptors (Lipinski definition) is 5. The molecule has 1 aliphatic heterocycles. The summed E-state index contributed by atoms with van der Waals surface area (Å²) >= 11 is 0. The zero-order valence-corrected chi connectivity index (χ0v) is 16.0. The highest BCUT2D eigenvalue weighted by Crippen LogP contribution is 2.24. The fourth-order valence-corrected chi connectivity index (χ4v) is 3.04. The van der Waals surface area contributed by atoms with Gasteiger partial charge in [-0.2, -0.15) is 0 Å². The number of hydrogen-bond donors (Lipinski definition) is 1. The number of Topliss-reactive ketones (excluding diaryl/α,β-unsaturated/α-hetero) is 1. The molecule has 0 saturated heterocycles. The summed E-state index contributed by atoms with van der Waals surface area (Å²) in [5.74, 6) is -2.00. The number of ketones is 2. The van der Waals surface area contributed by atoms with Gasteiger partial charge < -0.3 is 9.84 Å². The first kappa shape index (κ1) is 21.3. The van der Waals surface area contributed by atoms with Crippen LogP contribution < -0.4 is 0 Å². The van der Waals surface area contributed by atoms with E-state index >= 15 is 0 Å². The van der Waals surface area contributed by atoms with Crippen LogP contribution in [0.15, 0.2) is 23.8 Å². The third kappa shape index (κ3) is 5.63. The fourth-order valence-electron chi connectivity index (χ4n) is 3.04. The molecule has 5 atom stereocenters. The van der Waals surface area contributed by atoms with E-state index in [9.17, 15) is 19.5 Å². The van der Waals surface area contributed by atoms with Crippen molar-refractivity contribution in [2.75, 3.05) is 0 Å². The summed E-state index contributed by atoms with van der Waals surface area (Å²) in [4.78, 5) is 37.0. The van der Waals surface area contributed by atoms with Gasteiger partial charge in [0.2, 0.25) is 0 Å². The third-order valence-corrected chi connectivity index (χ3v) is 4.76. The van der Waals surface area contributed by atoms with E-state index in [-0.39, 0.29) is 17.5 Å². The molecule has 0 aromatic carbocycles. The van der Waals surface area contributed by atoms with Crippen LogP contribution in [0, 0.1) is 17.8 Å². The van der Waals surface area contributed by atoms with Crippen molar-refractivity contribution in [3.63, 3.8) is 0 Å². The maximum Gasteiger partial charge on any atom is 0.309 e. The van der Waals surface area contributed by atoms with Crippen LogP contribution in [-0.2, 0) is 19.1 Å². The van der Waals surface area contributed by atoms with Gasteiger partial charge in [0.15, 0.2) is 11.6 Å². The Morgan fingerprint density at radius 2 is 1.80 bits per heavy atom. The summed E-state index contributed by atoms with van der Waals surface area (Å²) in [6, 6.07) is 0. The van der Waals surface area contributed by atoms with Gasteiger partial charge in [0.05, 0.1) is 5.92 Å². The summed E-state index contributed by atoms with van der Waals surface area (Å²) in [5, 5.41) is 10.6. The first-order chi connectivity index (χ1) is 11.5. The largest absolute Gasteiger partial charge is 0.459 e. The number of ether oxygens (including phenoxy) is 1. The lowest BCUT2D eigenvalue weighted by Gasteiger charge is -2.30. The molecule has 0 aliphatic carbocycles. The van der Waals surface area contributed by atoms with Gasteiger partial charge in [0, 0.05) is 11.8 Å². The number of carbonyl (C=O) groups is 3. The van der Waals surface area contributed by atoms with Gasteiger partial charge in [0.1, 0.15) is 11.7 Å². The minimum Gasteiger partial charge on any atom is -0.459 e. The lowest BCUT2D eigenvalue weighted by atomic mass is 9.88. The van der Waals surface area contributed by atoms with Crippen molar-refractivity contribution in [1.82, 2.24) is 0 Å². The molecule has 25 heavy (non-hydrogen) atoms. The van der Waals surface area contributed by atoms with Gasteiger partial charge in [-0.15, -0.1) is 0 Å². The predicted molar refractivity (Wildman–Crippen MR) is 95.8 cm³/mol. The Hall–Kier alpha value is -1.75. The van der Waals surface area contributed by atoms with Crippen LogP contribution in [0.2, 0.25) is 0 Å². The maximum atomic E-state index is 12.5. The lowest BCUT2D eigenvalue weighted by Crippen LogP contribution is -2.41. The molecule has 1 rings (SSSR count). The molecule has 0 fully saturated rings. The standard InChI is InChI=1S/C20H30O5/c1-7-17-20(6,24)9-8-16(21)12(2)10-13(3)18(22)14(4)11-15(5)19(23)25-17/h8-10,12,14-15,17,24H,7,11H2,1-6H3/b9-8+,13-10-/t12-,14+,15-,17+,20-/m1/s1. The summed E-state index contributed by atoms with van der Waals surface area (Å²) in [5.41, 5.74) is -0.929. The molecule has 0 aromatic heterocycles. The second-order valence-corrected chi connectivity index (χ2v) is 7.34. The van der Waals surface area contributed by atoms with Crippen LogP contribution in [0.1, 0.15) is 54.4 Å². The zero-order chi connectivity index (χ0) is 19.4. The van der Waals surface area contributed by atoms with Crippen LogP contribution in [0.5, 0.6) is 0 Å². The molecule has 0 unspecified atom stereocenters. The summed E-state index contributed by atoms with van der Waals surface area (Å²) < 4.78 is 5.47. The molecular formula is C20H30O5. The Balaban J connectivity index is 3.27. The highest BCUT2D eigenvalue weighted by Gasteiger charge is 2.34. The molecule has 1 aliphatic rings. The first-order valence-electron chi connectivity index (χ1n) is 8.88. The van der Waals surface area contributed by atoms with Crippen molar-refractivity contribution in [2.24, 2.45) is 17.8 Å². The molecule has 0 bridgehead atoms. The molecular weight excluding hydrogens is 320 g/mol. The Bertz CT molecular complexity index is 585. The van der Waals surface area contributed by atoms with Crippen molar-refractivity contribution in [1.29, 1.82) is 0 Å². The lowest BCUT2D eigenvalue weighted by molar-refractivity contribution is -0.164. The van der Waals surface area contributed by atoms with E-state index in [1.165, 1.54) is 19.1 Å². The zero-order valence-electron chi connectivity index (χ0n) is 16.0. The Labute approximate surface area is 150 Å². The second kappa shape index (κ2) is 8.56. The topological polar surface area (TPSA) is 80.7 Å². The number of aliphatic hydroxyl groups is 1. The van der Waals surface area contributed by atoms with Crippen molar-refractivity contribution in [2.45, 2.75) is 66.1 Å². The smallest absolute Gasteiger partial charge is 0.309 e. The average Bonchev–Trinajstić information content (AvgIpc) is 2.55. The Morgan fingerprint density at radius 1 is 1.20 bits per heavy atom. The molecule has 0 saturated carbocycles. The van der Waals surface area contributed by atoms with Gasteiger partial charge in [0.25, 0.3) is 0 Å². The van der Waals surface area contributed by atoms with E-state index in [0.29, 0.717) is 18.4 Å². The fraction of sp³-hybridized carbons (Fsp3) is 0.650. The van der Waals surface area contributed by atoms with Crippen LogP contribution in [0.3, 0.4) is 0 Å². The van der Waals surface area contributed by atoms with Crippen molar-refractivity contribution >= 4 is 17.5 Å². The van der Waals surface area contributed by atoms with E-state index < -0.39 is 29.5 Å². The number of carbonyl (C=O) groups excluding carboxylic acids is 3. The quantitative estimate of drug-likeness (QED) is 0.735. The highest BCUT2D eigenvalue weighted by molar-refractivity contribution is 5.99. The number of esters is 1. The minimum atomic E-state index is -1.44. The molecule has 0 radical (unpaired) electrons. The maximum absolute atomic E-state index is 12.5. The van der Waals surface area contributed by atoms with Gasteiger partial charge in [-0.3, -0.25) is 14.4 Å². The van der Waals surface area contributed by atoms with Crippen molar-refractivity contribution in [3.8, 4) is 0 Å². The van der Waals surface area contributed by atoms with E-state index in [4.69, 9.17) is 4.74 Å². The molecule has 0 amide bonds. The third-order valence-electron chi connectivity index (χ3n) is 4.76. The van der Waals surface area contributed by atoms with E-state index in [2.05, 4.69) is 0 Å². The Kier molecular flexibility index (Phi) is 7.29. The Morgan fingerprint density at radius 3 is 2.36 bits per heavy atom. The average molecular weight is 350 g/mol. The highest BCUT2D eigenvalue weighted by atomic mass is 16.6. The van der Waals surface area contributed by atoms with Crippen LogP contribution in [0.4, 0.5) is 0 Å². The molecule has 1 N–H and O–H groups in total. The van der Waals surface area contributed by atoms with E-state index in [0.717, 1.165) is 0 Å². The van der Waals surface area contributed by atoms with Crippen LogP contribution >= 0.6 is 0 Å². The monoisotopic (exact) mass is 350 g/mol. The summed E-state index contributed by atoms with van der Waals surface area (Å²) in [7, 11) is 0. The second-order valence-electron chi connectivity index (χ2n) is 7.34. The number of rotatable bonds is 1. The number of allylic oxidation sites excluding steroid dienone is 3. The SMILES string of the molecule is CC[C@@H]1OC(=O)[C@H](C)C[C@H](C)C(=O)/C(C)=C\[C@@H](C)C(=O)/C=C/[C@@]1(C)O. The van der Waals surface area contributed by atoms with Gasteiger partial charge >= 0.3 is 5.97 Å². The van der Waals surface area contributed by atoms with Gasteiger partial charge in [-0.25, -0.2) is 0 Å². The van der Waals surface area contributed by atoms with Gasteiger partial charge in [-0.05, 0) is 44.4 Å².